The highest BCUT2D eigenvalue weighted by atomic mass is 35.5. The molecule has 0 aromatic carbocycles. The maximum absolute atomic E-state index is 12.6. The van der Waals surface area contributed by atoms with Crippen molar-refractivity contribution in [2.24, 2.45) is 7.05 Å². The summed E-state index contributed by atoms with van der Waals surface area (Å²) < 4.78 is 29.3. The molecule has 1 aliphatic rings. The van der Waals surface area contributed by atoms with Crippen LogP contribution in [0.3, 0.4) is 0 Å². The number of nitrogens with zero attached hydrogens (tertiary/aromatic N) is 4. The highest BCUT2D eigenvalue weighted by Gasteiger charge is 2.29. The summed E-state index contributed by atoms with van der Waals surface area (Å²) in [5.41, 5.74) is 2.21. The number of halogens is 1. The zero-order valence-electron chi connectivity index (χ0n) is 13.1. The number of rotatable bonds is 4. The molecule has 0 bridgehead atoms. The van der Waals surface area contributed by atoms with Gasteiger partial charge < -0.3 is 0 Å². The third-order valence-electron chi connectivity index (χ3n) is 3.98. The molecule has 0 unspecified atom stereocenters. The molecular weight excluding hydrogens is 356 g/mol. The molecular formula is C14H19ClN4O2S2. The van der Waals surface area contributed by atoms with E-state index in [0.29, 0.717) is 34.7 Å². The SMILES string of the molecule is Cc1nn(C)cc1CN1CCN(S(=O)(=O)c2ccc(Cl)s2)CC1. The van der Waals surface area contributed by atoms with E-state index < -0.39 is 10.0 Å². The van der Waals surface area contributed by atoms with Gasteiger partial charge in [-0.3, -0.25) is 9.58 Å². The van der Waals surface area contributed by atoms with Crippen LogP contribution < -0.4 is 0 Å². The Kier molecular flexibility index (Phi) is 4.80. The van der Waals surface area contributed by atoms with Gasteiger partial charge in [-0.15, -0.1) is 11.3 Å². The number of sulfonamides is 1. The van der Waals surface area contributed by atoms with E-state index in [1.807, 2.05) is 24.9 Å². The molecule has 0 N–H and O–H groups in total. The van der Waals surface area contributed by atoms with Crippen LogP contribution >= 0.6 is 22.9 Å². The van der Waals surface area contributed by atoms with E-state index in [9.17, 15) is 8.42 Å². The molecule has 0 saturated carbocycles. The summed E-state index contributed by atoms with van der Waals surface area (Å²) in [6.45, 7) is 5.22. The minimum Gasteiger partial charge on any atom is -0.296 e. The molecule has 1 aliphatic heterocycles. The number of aromatic nitrogens is 2. The Morgan fingerprint density at radius 3 is 2.48 bits per heavy atom. The van der Waals surface area contributed by atoms with Crippen molar-refractivity contribution in [2.75, 3.05) is 26.2 Å². The van der Waals surface area contributed by atoms with Gasteiger partial charge in [-0.25, -0.2) is 8.42 Å². The molecule has 0 spiro atoms. The van der Waals surface area contributed by atoms with E-state index in [-0.39, 0.29) is 0 Å². The van der Waals surface area contributed by atoms with Crippen LogP contribution in [0.4, 0.5) is 0 Å². The lowest BCUT2D eigenvalue weighted by Gasteiger charge is -2.33. The topological polar surface area (TPSA) is 58.4 Å². The molecule has 3 rings (SSSR count). The quantitative estimate of drug-likeness (QED) is 0.820. The minimum atomic E-state index is -3.42. The van der Waals surface area contributed by atoms with E-state index in [2.05, 4.69) is 10.00 Å². The van der Waals surface area contributed by atoms with E-state index in [0.717, 1.165) is 23.6 Å². The molecule has 9 heteroatoms. The van der Waals surface area contributed by atoms with Crippen molar-refractivity contribution in [3.8, 4) is 0 Å². The largest absolute Gasteiger partial charge is 0.296 e. The molecule has 2 aromatic heterocycles. The second-order valence-electron chi connectivity index (χ2n) is 5.65. The normalized spacial score (nSPS) is 17.7. The summed E-state index contributed by atoms with van der Waals surface area (Å²) in [7, 11) is -1.51. The molecule has 3 heterocycles. The van der Waals surface area contributed by atoms with Gasteiger partial charge in [0.2, 0.25) is 0 Å². The molecule has 0 amide bonds. The van der Waals surface area contributed by atoms with Crippen LogP contribution in [0.1, 0.15) is 11.3 Å². The Hall–Kier alpha value is -0.930. The summed E-state index contributed by atoms with van der Waals surface area (Å²) in [5.74, 6) is 0. The van der Waals surface area contributed by atoms with Crippen molar-refractivity contribution in [3.05, 3.63) is 33.9 Å². The van der Waals surface area contributed by atoms with Crippen LogP contribution in [0, 0.1) is 6.92 Å². The van der Waals surface area contributed by atoms with Crippen LogP contribution in [-0.2, 0) is 23.6 Å². The van der Waals surface area contributed by atoms with E-state index in [4.69, 9.17) is 11.6 Å². The molecule has 126 valence electrons. The lowest BCUT2D eigenvalue weighted by molar-refractivity contribution is 0.181. The monoisotopic (exact) mass is 374 g/mol. The Bertz CT molecular complexity index is 792. The second-order valence-corrected chi connectivity index (χ2v) is 9.53. The van der Waals surface area contributed by atoms with Crippen LogP contribution in [0.5, 0.6) is 0 Å². The highest BCUT2D eigenvalue weighted by molar-refractivity contribution is 7.91. The molecule has 1 saturated heterocycles. The summed E-state index contributed by atoms with van der Waals surface area (Å²) in [6, 6.07) is 3.20. The van der Waals surface area contributed by atoms with Crippen molar-refractivity contribution in [2.45, 2.75) is 17.7 Å². The smallest absolute Gasteiger partial charge is 0.252 e. The van der Waals surface area contributed by atoms with Crippen LogP contribution in [0.2, 0.25) is 4.34 Å². The van der Waals surface area contributed by atoms with Gasteiger partial charge in [0.05, 0.1) is 10.0 Å². The van der Waals surface area contributed by atoms with Crippen molar-refractivity contribution < 1.29 is 8.42 Å². The van der Waals surface area contributed by atoms with Gasteiger partial charge in [0.15, 0.2) is 0 Å². The summed E-state index contributed by atoms with van der Waals surface area (Å²) in [5, 5.41) is 4.35. The number of hydrogen-bond donors (Lipinski definition) is 0. The average Bonchev–Trinajstić information content (AvgIpc) is 3.06. The number of hydrogen-bond acceptors (Lipinski definition) is 5. The van der Waals surface area contributed by atoms with Gasteiger partial charge in [0.1, 0.15) is 4.21 Å². The first-order valence-corrected chi connectivity index (χ1v) is 9.96. The second kappa shape index (κ2) is 6.52. The van der Waals surface area contributed by atoms with Crippen molar-refractivity contribution in [1.29, 1.82) is 0 Å². The summed E-state index contributed by atoms with van der Waals surface area (Å²) in [6.07, 6.45) is 2.02. The van der Waals surface area contributed by atoms with Crippen LogP contribution in [0.15, 0.2) is 22.5 Å². The Morgan fingerprint density at radius 2 is 1.96 bits per heavy atom. The Labute approximate surface area is 145 Å². The molecule has 23 heavy (non-hydrogen) atoms. The molecule has 1 fully saturated rings. The van der Waals surface area contributed by atoms with Crippen molar-refractivity contribution in [3.63, 3.8) is 0 Å². The van der Waals surface area contributed by atoms with Gasteiger partial charge in [0, 0.05) is 51.5 Å². The lowest BCUT2D eigenvalue weighted by Crippen LogP contribution is -2.48. The fourth-order valence-electron chi connectivity index (χ4n) is 2.74. The number of thiophene rings is 1. The van der Waals surface area contributed by atoms with Crippen LogP contribution in [-0.4, -0.2) is 53.6 Å². The average molecular weight is 375 g/mol. The third-order valence-corrected chi connectivity index (χ3v) is 7.58. The van der Waals surface area contributed by atoms with Gasteiger partial charge in [-0.2, -0.15) is 9.40 Å². The predicted octanol–water partition coefficient (Wildman–Crippen LogP) is 1.95. The number of aryl methyl sites for hydroxylation is 2. The first-order chi connectivity index (χ1) is 10.9. The predicted molar refractivity (Wildman–Crippen MR) is 91.3 cm³/mol. The first kappa shape index (κ1) is 16.9. The number of piperazine rings is 1. The zero-order valence-corrected chi connectivity index (χ0v) is 15.5. The van der Waals surface area contributed by atoms with E-state index >= 15 is 0 Å². The fraction of sp³-hybridized carbons (Fsp3) is 0.500. The summed E-state index contributed by atoms with van der Waals surface area (Å²) >= 11 is 6.96. The van der Waals surface area contributed by atoms with Gasteiger partial charge in [-0.1, -0.05) is 11.6 Å². The van der Waals surface area contributed by atoms with Crippen LogP contribution in [0.25, 0.3) is 0 Å². The minimum absolute atomic E-state index is 0.319. The third kappa shape index (κ3) is 3.61. The first-order valence-electron chi connectivity index (χ1n) is 7.33. The molecule has 0 radical (unpaired) electrons. The maximum Gasteiger partial charge on any atom is 0.252 e. The van der Waals surface area contributed by atoms with Gasteiger partial charge in [-0.05, 0) is 19.1 Å². The molecule has 0 aliphatic carbocycles. The Morgan fingerprint density at radius 1 is 1.26 bits per heavy atom. The standard InChI is InChI=1S/C14H19ClN4O2S2/c1-11-12(9-17(2)16-11)10-18-5-7-19(8-6-18)23(20,21)14-4-3-13(15)22-14/h3-4,9H,5-8,10H2,1-2H3. The maximum atomic E-state index is 12.6. The Balaban J connectivity index is 1.63. The zero-order chi connectivity index (χ0) is 16.6. The van der Waals surface area contributed by atoms with E-state index in [1.54, 1.807) is 16.4 Å². The molecule has 6 nitrogen and oxygen atoms in total. The molecule has 0 atom stereocenters. The molecule has 2 aromatic rings. The highest BCUT2D eigenvalue weighted by Crippen LogP contribution is 2.28. The van der Waals surface area contributed by atoms with Crippen molar-refractivity contribution >= 4 is 33.0 Å². The lowest BCUT2D eigenvalue weighted by atomic mass is 10.2. The van der Waals surface area contributed by atoms with Gasteiger partial charge >= 0.3 is 0 Å². The fourth-order valence-corrected chi connectivity index (χ4v) is 5.80. The van der Waals surface area contributed by atoms with E-state index in [1.165, 1.54) is 5.56 Å². The van der Waals surface area contributed by atoms with Gasteiger partial charge in [0.25, 0.3) is 10.0 Å². The summed E-state index contributed by atoms with van der Waals surface area (Å²) in [4.78, 5) is 2.26. The van der Waals surface area contributed by atoms with Crippen molar-refractivity contribution in [1.82, 2.24) is 19.0 Å².